The van der Waals surface area contributed by atoms with E-state index in [1.807, 2.05) is 0 Å². The Labute approximate surface area is 71.5 Å². The lowest BCUT2D eigenvalue weighted by atomic mass is 10.3. The summed E-state index contributed by atoms with van der Waals surface area (Å²) in [6, 6.07) is 1.28. The Bertz CT molecular complexity index is 278. The fourth-order valence-corrected chi connectivity index (χ4v) is 0.676. The molecule has 1 N–H and O–H groups in total. The summed E-state index contributed by atoms with van der Waals surface area (Å²) in [6.45, 7) is -1.34. The quantitative estimate of drug-likeness (QED) is 0.774. The zero-order chi connectivity index (χ0) is 9.90. The van der Waals surface area contributed by atoms with Gasteiger partial charge in [0.05, 0.1) is 11.8 Å². The first-order chi connectivity index (χ1) is 5.99. The lowest BCUT2D eigenvalue weighted by Gasteiger charge is -2.06. The summed E-state index contributed by atoms with van der Waals surface area (Å²) in [6.07, 6.45) is -2.10. The van der Waals surface area contributed by atoms with Crippen molar-refractivity contribution in [2.24, 2.45) is 0 Å². The standard InChI is InChI=1S/C7H6F3NO2/c8-7(9,10)4-11-6(12)5-1-2-13-3-5/h1-3H,4H2,(H,11,12). The number of carbonyl (C=O) groups is 1. The number of carbonyl (C=O) groups excluding carboxylic acids is 1. The summed E-state index contributed by atoms with van der Waals surface area (Å²) in [5, 5.41) is 1.70. The molecule has 1 rings (SSSR count). The molecule has 6 heteroatoms. The zero-order valence-corrected chi connectivity index (χ0v) is 6.39. The molecule has 1 aromatic heterocycles. The third-order valence-corrected chi connectivity index (χ3v) is 1.23. The number of hydrogen-bond acceptors (Lipinski definition) is 2. The second kappa shape index (κ2) is 3.51. The maximum absolute atomic E-state index is 11.6. The first kappa shape index (κ1) is 9.63. The number of hydrogen-bond donors (Lipinski definition) is 1. The Morgan fingerprint density at radius 2 is 2.23 bits per heavy atom. The zero-order valence-electron chi connectivity index (χ0n) is 6.39. The van der Waals surface area contributed by atoms with Gasteiger partial charge in [-0.25, -0.2) is 0 Å². The van der Waals surface area contributed by atoms with E-state index in [0.29, 0.717) is 0 Å². The lowest BCUT2D eigenvalue weighted by Crippen LogP contribution is -2.33. The first-order valence-corrected chi connectivity index (χ1v) is 3.36. The third-order valence-electron chi connectivity index (χ3n) is 1.23. The number of rotatable bonds is 2. The van der Waals surface area contributed by atoms with Gasteiger partial charge in [0, 0.05) is 0 Å². The maximum Gasteiger partial charge on any atom is 0.405 e. The van der Waals surface area contributed by atoms with Gasteiger partial charge in [-0.2, -0.15) is 13.2 Å². The molecule has 0 spiro atoms. The highest BCUT2D eigenvalue weighted by Gasteiger charge is 2.27. The number of alkyl halides is 3. The van der Waals surface area contributed by atoms with Gasteiger partial charge >= 0.3 is 6.18 Å². The molecule has 1 amide bonds. The van der Waals surface area contributed by atoms with Crippen molar-refractivity contribution in [1.29, 1.82) is 0 Å². The molecule has 0 bridgehead atoms. The van der Waals surface area contributed by atoms with E-state index in [9.17, 15) is 18.0 Å². The van der Waals surface area contributed by atoms with Gasteiger partial charge in [-0.15, -0.1) is 0 Å². The van der Waals surface area contributed by atoms with Crippen LogP contribution in [-0.4, -0.2) is 18.6 Å². The maximum atomic E-state index is 11.6. The molecule has 0 aliphatic carbocycles. The highest BCUT2D eigenvalue weighted by Crippen LogP contribution is 2.12. The van der Waals surface area contributed by atoms with E-state index in [1.165, 1.54) is 12.3 Å². The molecular weight excluding hydrogens is 187 g/mol. The first-order valence-electron chi connectivity index (χ1n) is 3.36. The van der Waals surface area contributed by atoms with Gasteiger partial charge in [0.15, 0.2) is 0 Å². The molecule has 0 aromatic carbocycles. The summed E-state index contributed by atoms with van der Waals surface area (Å²) in [4.78, 5) is 10.9. The average Bonchev–Trinajstić information content (AvgIpc) is 2.50. The minimum absolute atomic E-state index is 0.0734. The second-order valence-corrected chi connectivity index (χ2v) is 2.31. The second-order valence-electron chi connectivity index (χ2n) is 2.31. The van der Waals surface area contributed by atoms with Gasteiger partial charge in [-0.3, -0.25) is 4.79 Å². The van der Waals surface area contributed by atoms with Crippen LogP contribution in [0.3, 0.4) is 0 Å². The molecule has 0 aliphatic heterocycles. The van der Waals surface area contributed by atoms with E-state index in [1.54, 1.807) is 5.32 Å². The lowest BCUT2D eigenvalue weighted by molar-refractivity contribution is -0.123. The summed E-state index contributed by atoms with van der Waals surface area (Å²) in [5.74, 6) is -0.800. The minimum Gasteiger partial charge on any atom is -0.472 e. The van der Waals surface area contributed by atoms with E-state index in [2.05, 4.69) is 4.42 Å². The molecule has 3 nitrogen and oxygen atoms in total. The molecule has 0 atom stereocenters. The highest BCUT2D eigenvalue weighted by molar-refractivity contribution is 5.93. The van der Waals surface area contributed by atoms with Crippen molar-refractivity contribution >= 4 is 5.91 Å². The van der Waals surface area contributed by atoms with Crippen molar-refractivity contribution in [3.8, 4) is 0 Å². The summed E-state index contributed by atoms with van der Waals surface area (Å²) >= 11 is 0. The minimum atomic E-state index is -4.39. The fraction of sp³-hybridized carbons (Fsp3) is 0.286. The number of amides is 1. The van der Waals surface area contributed by atoms with Crippen LogP contribution in [0, 0.1) is 0 Å². The Morgan fingerprint density at radius 3 is 2.69 bits per heavy atom. The highest BCUT2D eigenvalue weighted by atomic mass is 19.4. The van der Waals surface area contributed by atoms with Crippen molar-refractivity contribution < 1.29 is 22.4 Å². The molecule has 1 heterocycles. The van der Waals surface area contributed by atoms with Crippen LogP contribution in [0.4, 0.5) is 13.2 Å². The van der Waals surface area contributed by atoms with Crippen LogP contribution in [0.25, 0.3) is 0 Å². The molecule has 13 heavy (non-hydrogen) atoms. The van der Waals surface area contributed by atoms with E-state index in [-0.39, 0.29) is 5.56 Å². The predicted molar refractivity (Wildman–Crippen MR) is 37.1 cm³/mol. The van der Waals surface area contributed by atoms with Crippen molar-refractivity contribution in [2.75, 3.05) is 6.54 Å². The van der Waals surface area contributed by atoms with Crippen LogP contribution in [-0.2, 0) is 0 Å². The number of nitrogens with one attached hydrogen (secondary N) is 1. The monoisotopic (exact) mass is 193 g/mol. The topological polar surface area (TPSA) is 42.2 Å². The van der Waals surface area contributed by atoms with Gasteiger partial charge in [0.1, 0.15) is 12.8 Å². The van der Waals surface area contributed by atoms with Gasteiger partial charge in [0.2, 0.25) is 0 Å². The fourth-order valence-electron chi connectivity index (χ4n) is 0.676. The average molecular weight is 193 g/mol. The molecule has 0 radical (unpaired) electrons. The van der Waals surface area contributed by atoms with Crippen molar-refractivity contribution in [2.45, 2.75) is 6.18 Å². The molecule has 0 saturated carbocycles. The van der Waals surface area contributed by atoms with Crippen LogP contribution in [0.1, 0.15) is 10.4 Å². The Hall–Kier alpha value is -1.46. The smallest absolute Gasteiger partial charge is 0.405 e. The largest absolute Gasteiger partial charge is 0.472 e. The predicted octanol–water partition coefficient (Wildman–Crippen LogP) is 1.57. The van der Waals surface area contributed by atoms with E-state index in [4.69, 9.17) is 0 Å². The molecule has 0 aliphatic rings. The van der Waals surface area contributed by atoms with Crippen LogP contribution in [0.15, 0.2) is 23.0 Å². The molecule has 72 valence electrons. The van der Waals surface area contributed by atoms with Crippen LogP contribution >= 0.6 is 0 Å². The van der Waals surface area contributed by atoms with Crippen LogP contribution in [0.2, 0.25) is 0 Å². The summed E-state index contributed by atoms with van der Waals surface area (Å²) in [7, 11) is 0. The van der Waals surface area contributed by atoms with Crippen molar-refractivity contribution in [1.82, 2.24) is 5.32 Å². The summed E-state index contributed by atoms with van der Waals surface area (Å²) in [5.41, 5.74) is 0.0734. The normalized spacial score (nSPS) is 11.3. The van der Waals surface area contributed by atoms with Gasteiger partial charge in [0.25, 0.3) is 5.91 Å². The Morgan fingerprint density at radius 1 is 1.54 bits per heavy atom. The van der Waals surface area contributed by atoms with E-state index in [0.717, 1.165) is 6.26 Å². The molecule has 0 saturated heterocycles. The van der Waals surface area contributed by atoms with Crippen LogP contribution in [0.5, 0.6) is 0 Å². The number of halogens is 3. The summed E-state index contributed by atoms with van der Waals surface area (Å²) < 4.78 is 39.4. The van der Waals surface area contributed by atoms with Gasteiger partial charge < -0.3 is 9.73 Å². The SMILES string of the molecule is O=C(NCC(F)(F)F)c1ccoc1. The van der Waals surface area contributed by atoms with Gasteiger partial charge in [-0.05, 0) is 6.07 Å². The van der Waals surface area contributed by atoms with Crippen molar-refractivity contribution in [3.63, 3.8) is 0 Å². The molecule has 0 unspecified atom stereocenters. The van der Waals surface area contributed by atoms with E-state index >= 15 is 0 Å². The van der Waals surface area contributed by atoms with Crippen LogP contribution < -0.4 is 5.32 Å². The molecular formula is C7H6F3NO2. The van der Waals surface area contributed by atoms with Crippen molar-refractivity contribution in [3.05, 3.63) is 24.2 Å². The molecule has 0 fully saturated rings. The van der Waals surface area contributed by atoms with E-state index < -0.39 is 18.6 Å². The number of furan rings is 1. The third kappa shape index (κ3) is 3.18. The van der Waals surface area contributed by atoms with Gasteiger partial charge in [-0.1, -0.05) is 0 Å². The Balaban J connectivity index is 2.44. The Kier molecular flexibility index (Phi) is 2.60. The molecule has 1 aromatic rings.